The summed E-state index contributed by atoms with van der Waals surface area (Å²) in [5, 5.41) is 0. The summed E-state index contributed by atoms with van der Waals surface area (Å²) in [5.41, 5.74) is 4.53. The number of ether oxygens (including phenoxy) is 1. The topological polar surface area (TPSA) is 45.7 Å². The van der Waals surface area contributed by atoms with Gasteiger partial charge in [0.05, 0.1) is 0 Å². The minimum Gasteiger partial charge on any atom is -0.445 e. The van der Waals surface area contributed by atoms with Gasteiger partial charge in [-0.05, 0) is 28.3 Å². The Balaban J connectivity index is 1.23. The largest absolute Gasteiger partial charge is 0.445 e. The van der Waals surface area contributed by atoms with Gasteiger partial charge in [0.15, 0.2) is 0 Å². The van der Waals surface area contributed by atoms with Gasteiger partial charge in [0.2, 0.25) is 0 Å². The standard InChI is InChI=1S/C24H25N3O2/c28-24(27-15-13-26(14-16-27)18-21-5-4-12-25-17-21)29-19-20-8-10-23(11-9-20)22-6-2-1-3-7-22/h1-12,17H,13-16,18-19H2. The average molecular weight is 387 g/mol. The Kier molecular flexibility index (Phi) is 6.17. The molecule has 1 saturated heterocycles. The van der Waals surface area contributed by atoms with E-state index in [-0.39, 0.29) is 6.09 Å². The molecule has 0 spiro atoms. The van der Waals surface area contributed by atoms with Crippen LogP contribution in [0.1, 0.15) is 11.1 Å². The normalized spacial score (nSPS) is 14.6. The molecule has 0 aliphatic carbocycles. The Bertz CT molecular complexity index is 906. The van der Waals surface area contributed by atoms with Crippen molar-refractivity contribution >= 4 is 6.09 Å². The first-order valence-electron chi connectivity index (χ1n) is 9.95. The molecule has 1 aliphatic rings. The molecular weight excluding hydrogens is 362 g/mol. The van der Waals surface area contributed by atoms with Crippen molar-refractivity contribution in [2.45, 2.75) is 13.2 Å². The van der Waals surface area contributed by atoms with Crippen molar-refractivity contribution in [3.63, 3.8) is 0 Å². The van der Waals surface area contributed by atoms with Crippen molar-refractivity contribution in [1.82, 2.24) is 14.8 Å². The van der Waals surface area contributed by atoms with Crippen LogP contribution in [-0.2, 0) is 17.9 Å². The Labute approximate surface area is 171 Å². The molecule has 0 atom stereocenters. The van der Waals surface area contributed by atoms with Crippen molar-refractivity contribution in [2.75, 3.05) is 26.2 Å². The number of carbonyl (C=O) groups excluding carboxylic acids is 1. The van der Waals surface area contributed by atoms with Gasteiger partial charge in [0, 0.05) is 45.1 Å². The number of nitrogens with zero attached hydrogens (tertiary/aromatic N) is 3. The van der Waals surface area contributed by atoms with Crippen molar-refractivity contribution < 1.29 is 9.53 Å². The highest BCUT2D eigenvalue weighted by Gasteiger charge is 2.22. The maximum Gasteiger partial charge on any atom is 0.410 e. The number of hydrogen-bond acceptors (Lipinski definition) is 4. The van der Waals surface area contributed by atoms with E-state index in [1.807, 2.05) is 42.6 Å². The van der Waals surface area contributed by atoms with E-state index in [1.165, 1.54) is 11.1 Å². The monoisotopic (exact) mass is 387 g/mol. The van der Waals surface area contributed by atoms with E-state index in [4.69, 9.17) is 4.74 Å². The SMILES string of the molecule is O=C(OCc1ccc(-c2ccccc2)cc1)N1CCN(Cc2cccnc2)CC1. The molecule has 1 aromatic heterocycles. The lowest BCUT2D eigenvalue weighted by molar-refractivity contribution is 0.0700. The minimum absolute atomic E-state index is 0.238. The second kappa shape index (κ2) is 9.34. The second-order valence-corrected chi connectivity index (χ2v) is 7.24. The fraction of sp³-hybridized carbons (Fsp3) is 0.250. The third kappa shape index (κ3) is 5.21. The minimum atomic E-state index is -0.238. The van der Waals surface area contributed by atoms with E-state index in [9.17, 15) is 4.79 Å². The van der Waals surface area contributed by atoms with Crippen LogP contribution in [0.15, 0.2) is 79.1 Å². The number of amides is 1. The molecular formula is C24H25N3O2. The molecule has 5 nitrogen and oxygen atoms in total. The smallest absolute Gasteiger partial charge is 0.410 e. The molecule has 148 valence electrons. The van der Waals surface area contributed by atoms with Crippen molar-refractivity contribution in [1.29, 1.82) is 0 Å². The highest BCUT2D eigenvalue weighted by molar-refractivity contribution is 5.68. The molecule has 29 heavy (non-hydrogen) atoms. The van der Waals surface area contributed by atoms with Crippen LogP contribution in [0, 0.1) is 0 Å². The van der Waals surface area contributed by atoms with Gasteiger partial charge in [0.1, 0.15) is 6.61 Å². The number of aromatic nitrogens is 1. The number of hydrogen-bond donors (Lipinski definition) is 0. The summed E-state index contributed by atoms with van der Waals surface area (Å²) in [4.78, 5) is 20.7. The van der Waals surface area contributed by atoms with Crippen LogP contribution in [0.25, 0.3) is 11.1 Å². The number of pyridine rings is 1. The Morgan fingerprint density at radius 2 is 1.55 bits per heavy atom. The molecule has 1 fully saturated rings. The lowest BCUT2D eigenvalue weighted by Gasteiger charge is -2.34. The molecule has 1 amide bonds. The highest BCUT2D eigenvalue weighted by atomic mass is 16.6. The molecule has 1 aliphatic heterocycles. The Hall–Kier alpha value is -3.18. The first kappa shape index (κ1) is 19.2. The lowest BCUT2D eigenvalue weighted by atomic mass is 10.0. The zero-order valence-electron chi connectivity index (χ0n) is 16.4. The van der Waals surface area contributed by atoms with E-state index in [2.05, 4.69) is 40.2 Å². The number of carbonyl (C=O) groups is 1. The maximum absolute atomic E-state index is 12.4. The summed E-state index contributed by atoms with van der Waals surface area (Å²) < 4.78 is 5.53. The lowest BCUT2D eigenvalue weighted by Crippen LogP contribution is -2.48. The molecule has 3 aromatic rings. The number of benzene rings is 2. The van der Waals surface area contributed by atoms with E-state index < -0.39 is 0 Å². The molecule has 2 aromatic carbocycles. The van der Waals surface area contributed by atoms with Gasteiger partial charge in [0.25, 0.3) is 0 Å². The van der Waals surface area contributed by atoms with Crippen LogP contribution < -0.4 is 0 Å². The molecule has 5 heteroatoms. The van der Waals surface area contributed by atoms with E-state index in [0.29, 0.717) is 19.7 Å². The van der Waals surface area contributed by atoms with Crippen LogP contribution in [-0.4, -0.2) is 47.1 Å². The van der Waals surface area contributed by atoms with Gasteiger partial charge in [-0.3, -0.25) is 9.88 Å². The summed E-state index contributed by atoms with van der Waals surface area (Å²) in [7, 11) is 0. The fourth-order valence-corrected chi connectivity index (χ4v) is 3.50. The molecule has 0 saturated carbocycles. The molecule has 0 radical (unpaired) electrons. The summed E-state index contributed by atoms with van der Waals surface area (Å²) in [5.74, 6) is 0. The Morgan fingerprint density at radius 3 is 2.24 bits per heavy atom. The van der Waals surface area contributed by atoms with Crippen molar-refractivity contribution in [3.05, 3.63) is 90.3 Å². The van der Waals surface area contributed by atoms with Crippen LogP contribution in [0.3, 0.4) is 0 Å². The van der Waals surface area contributed by atoms with Crippen LogP contribution >= 0.6 is 0 Å². The summed E-state index contributed by atoms with van der Waals surface area (Å²) >= 11 is 0. The van der Waals surface area contributed by atoms with E-state index >= 15 is 0 Å². The van der Waals surface area contributed by atoms with Gasteiger partial charge in [-0.1, -0.05) is 60.7 Å². The van der Waals surface area contributed by atoms with Gasteiger partial charge < -0.3 is 9.64 Å². The zero-order chi connectivity index (χ0) is 19.9. The number of piperazine rings is 1. The van der Waals surface area contributed by atoms with Crippen LogP contribution in [0.2, 0.25) is 0 Å². The second-order valence-electron chi connectivity index (χ2n) is 7.24. The van der Waals surface area contributed by atoms with Crippen molar-refractivity contribution in [3.8, 4) is 11.1 Å². The first-order chi connectivity index (χ1) is 14.3. The van der Waals surface area contributed by atoms with E-state index in [0.717, 1.165) is 30.8 Å². The number of rotatable bonds is 5. The summed E-state index contributed by atoms with van der Waals surface area (Å²) in [6.45, 7) is 4.22. The quantitative estimate of drug-likeness (QED) is 0.658. The summed E-state index contributed by atoms with van der Waals surface area (Å²) in [6, 6.07) is 22.4. The highest BCUT2D eigenvalue weighted by Crippen LogP contribution is 2.19. The first-order valence-corrected chi connectivity index (χ1v) is 9.95. The maximum atomic E-state index is 12.4. The molecule has 4 rings (SSSR count). The van der Waals surface area contributed by atoms with Gasteiger partial charge in [-0.25, -0.2) is 4.79 Å². The van der Waals surface area contributed by atoms with Crippen molar-refractivity contribution in [2.24, 2.45) is 0 Å². The fourth-order valence-electron chi connectivity index (χ4n) is 3.50. The van der Waals surface area contributed by atoms with Gasteiger partial charge in [-0.2, -0.15) is 0 Å². The molecule has 0 unspecified atom stereocenters. The summed E-state index contributed by atoms with van der Waals surface area (Å²) in [6.07, 6.45) is 3.44. The third-order valence-electron chi connectivity index (χ3n) is 5.18. The molecule has 0 bridgehead atoms. The zero-order valence-corrected chi connectivity index (χ0v) is 16.4. The van der Waals surface area contributed by atoms with Gasteiger partial charge >= 0.3 is 6.09 Å². The molecule has 2 heterocycles. The Morgan fingerprint density at radius 1 is 0.828 bits per heavy atom. The third-order valence-corrected chi connectivity index (χ3v) is 5.18. The van der Waals surface area contributed by atoms with E-state index in [1.54, 1.807) is 11.1 Å². The van der Waals surface area contributed by atoms with Crippen LogP contribution in [0.5, 0.6) is 0 Å². The predicted octanol–water partition coefficient (Wildman–Crippen LogP) is 4.20. The average Bonchev–Trinajstić information content (AvgIpc) is 2.80. The van der Waals surface area contributed by atoms with Crippen LogP contribution in [0.4, 0.5) is 4.79 Å². The van der Waals surface area contributed by atoms with Gasteiger partial charge in [-0.15, -0.1) is 0 Å². The molecule has 0 N–H and O–H groups in total. The predicted molar refractivity (Wildman–Crippen MR) is 113 cm³/mol.